The zero-order chi connectivity index (χ0) is 12.6. The molecule has 100 valence electrons. The summed E-state index contributed by atoms with van der Waals surface area (Å²) in [4.78, 5) is 9.91. The summed E-state index contributed by atoms with van der Waals surface area (Å²) in [5.74, 6) is 0.973. The number of nitrogens with one attached hydrogen (secondary N) is 1. The number of aryl methyl sites for hydroxylation is 1. The summed E-state index contributed by atoms with van der Waals surface area (Å²) < 4.78 is 5.80. The topological polar surface area (TPSA) is 61.4 Å². The van der Waals surface area contributed by atoms with Gasteiger partial charge in [-0.15, -0.1) is 0 Å². The van der Waals surface area contributed by atoms with Crippen molar-refractivity contribution in [2.24, 2.45) is 0 Å². The number of H-pyrrole nitrogens is 1. The Labute approximate surface area is 107 Å². The van der Waals surface area contributed by atoms with E-state index in [0.717, 1.165) is 44.7 Å². The monoisotopic (exact) mass is 251 g/mol. The van der Waals surface area contributed by atoms with Gasteiger partial charge in [0.05, 0.1) is 18.3 Å². The summed E-state index contributed by atoms with van der Waals surface area (Å²) >= 11 is 0. The fraction of sp³-hybridized carbons (Fsp3) is 0.769. The predicted octanol–water partition coefficient (Wildman–Crippen LogP) is 0.834. The summed E-state index contributed by atoms with van der Waals surface area (Å²) in [5, 5.41) is 9.60. The molecule has 1 atom stereocenters. The molecule has 0 bridgehead atoms. The normalized spacial score (nSPS) is 28.0. The molecule has 0 radical (unpaired) electrons. The van der Waals surface area contributed by atoms with Crippen LogP contribution in [-0.4, -0.2) is 51.4 Å². The van der Waals surface area contributed by atoms with Crippen LogP contribution >= 0.6 is 0 Å². The maximum atomic E-state index is 9.60. The van der Waals surface area contributed by atoms with Crippen LogP contribution in [0.5, 0.6) is 0 Å². The van der Waals surface area contributed by atoms with Gasteiger partial charge in [0.2, 0.25) is 0 Å². The molecule has 0 saturated carbocycles. The molecule has 0 aromatic carbocycles. The average Bonchev–Trinajstić information content (AvgIpc) is 2.90. The Morgan fingerprint density at radius 2 is 2.33 bits per heavy atom. The van der Waals surface area contributed by atoms with Crippen molar-refractivity contribution in [1.29, 1.82) is 0 Å². The maximum Gasteiger partial charge on any atom is 0.103 e. The minimum Gasteiger partial charge on any atom is -0.391 e. The number of rotatable bonds is 2. The zero-order valence-electron chi connectivity index (χ0n) is 10.9. The van der Waals surface area contributed by atoms with Crippen LogP contribution in [0.25, 0.3) is 0 Å². The third kappa shape index (κ3) is 2.43. The van der Waals surface area contributed by atoms with Gasteiger partial charge in [0, 0.05) is 37.9 Å². The molecule has 1 aromatic rings. The molecule has 3 heterocycles. The van der Waals surface area contributed by atoms with Gasteiger partial charge in [0.15, 0.2) is 0 Å². The second-order valence-corrected chi connectivity index (χ2v) is 5.62. The number of ether oxygens (including phenoxy) is 1. The van der Waals surface area contributed by atoms with Crippen LogP contribution < -0.4 is 0 Å². The lowest BCUT2D eigenvalue weighted by atomic mass is 9.88. The van der Waals surface area contributed by atoms with E-state index in [1.165, 1.54) is 5.69 Å². The number of aromatic amines is 1. The fourth-order valence-electron chi connectivity index (χ4n) is 3.08. The van der Waals surface area contributed by atoms with Crippen molar-refractivity contribution in [2.75, 3.05) is 19.7 Å². The third-order valence-corrected chi connectivity index (χ3v) is 4.11. The first-order valence-corrected chi connectivity index (χ1v) is 6.70. The minimum absolute atomic E-state index is 0.0418. The highest BCUT2D eigenvalue weighted by atomic mass is 16.5. The van der Waals surface area contributed by atoms with Gasteiger partial charge in [-0.05, 0) is 19.8 Å². The van der Waals surface area contributed by atoms with Crippen molar-refractivity contribution in [3.05, 3.63) is 17.7 Å². The molecule has 0 amide bonds. The van der Waals surface area contributed by atoms with Gasteiger partial charge in [-0.25, -0.2) is 4.98 Å². The molecule has 2 fully saturated rings. The maximum absolute atomic E-state index is 9.60. The summed E-state index contributed by atoms with van der Waals surface area (Å²) in [6.45, 7) is 5.48. The summed E-state index contributed by atoms with van der Waals surface area (Å²) in [7, 11) is 0. The molecule has 2 aliphatic rings. The van der Waals surface area contributed by atoms with Crippen LogP contribution in [0.15, 0.2) is 6.20 Å². The lowest BCUT2D eigenvalue weighted by Gasteiger charge is -2.38. The zero-order valence-corrected chi connectivity index (χ0v) is 10.9. The Hall–Kier alpha value is -0.910. The molecule has 0 unspecified atom stereocenters. The standard InChI is InChI=1S/C13H21N3O2/c1-10-14-7-11(15-10)8-16-4-2-13(3-5-16)6-12(17)9-18-13/h7,12,17H,2-6,8-9H2,1H3,(H,14,15)/t12-/m1/s1. The van der Waals surface area contributed by atoms with Crippen molar-refractivity contribution in [3.8, 4) is 0 Å². The number of nitrogens with zero attached hydrogens (tertiary/aromatic N) is 2. The van der Waals surface area contributed by atoms with Crippen LogP contribution in [-0.2, 0) is 11.3 Å². The minimum atomic E-state index is -0.258. The first-order valence-electron chi connectivity index (χ1n) is 6.70. The molecular weight excluding hydrogens is 230 g/mol. The van der Waals surface area contributed by atoms with E-state index < -0.39 is 0 Å². The Bertz CT molecular complexity index is 410. The predicted molar refractivity (Wildman–Crippen MR) is 67.1 cm³/mol. The molecule has 2 N–H and O–H groups in total. The Morgan fingerprint density at radius 1 is 1.56 bits per heavy atom. The van der Waals surface area contributed by atoms with E-state index in [9.17, 15) is 5.11 Å². The second-order valence-electron chi connectivity index (χ2n) is 5.62. The molecule has 3 rings (SSSR count). The third-order valence-electron chi connectivity index (χ3n) is 4.11. The fourth-order valence-corrected chi connectivity index (χ4v) is 3.08. The first-order chi connectivity index (χ1) is 8.65. The van der Waals surface area contributed by atoms with E-state index in [4.69, 9.17) is 4.74 Å². The number of hydrogen-bond acceptors (Lipinski definition) is 4. The molecule has 18 heavy (non-hydrogen) atoms. The Morgan fingerprint density at radius 3 is 2.89 bits per heavy atom. The number of imidazole rings is 1. The van der Waals surface area contributed by atoms with E-state index in [1.54, 1.807) is 0 Å². The number of piperidine rings is 1. The van der Waals surface area contributed by atoms with Crippen molar-refractivity contribution in [1.82, 2.24) is 14.9 Å². The average molecular weight is 251 g/mol. The van der Waals surface area contributed by atoms with E-state index in [1.807, 2.05) is 13.1 Å². The van der Waals surface area contributed by atoms with E-state index in [0.29, 0.717) is 6.61 Å². The number of aromatic nitrogens is 2. The van der Waals surface area contributed by atoms with Crippen molar-refractivity contribution < 1.29 is 9.84 Å². The van der Waals surface area contributed by atoms with Crippen LogP contribution in [0, 0.1) is 6.92 Å². The summed E-state index contributed by atoms with van der Waals surface area (Å²) in [6.07, 6.45) is 4.51. The Balaban J connectivity index is 1.54. The van der Waals surface area contributed by atoms with Gasteiger partial charge in [-0.3, -0.25) is 4.90 Å². The van der Waals surface area contributed by atoms with Crippen molar-refractivity contribution >= 4 is 0 Å². The van der Waals surface area contributed by atoms with Crippen LogP contribution in [0.2, 0.25) is 0 Å². The van der Waals surface area contributed by atoms with Crippen LogP contribution in [0.3, 0.4) is 0 Å². The molecule has 1 aromatic heterocycles. The van der Waals surface area contributed by atoms with Gasteiger partial charge >= 0.3 is 0 Å². The smallest absolute Gasteiger partial charge is 0.103 e. The number of likely N-dealkylation sites (tertiary alicyclic amines) is 1. The summed E-state index contributed by atoms with van der Waals surface area (Å²) in [6, 6.07) is 0. The molecule has 5 heteroatoms. The number of aliphatic hydroxyl groups is 1. The van der Waals surface area contributed by atoms with Crippen LogP contribution in [0.4, 0.5) is 0 Å². The molecular formula is C13H21N3O2. The lowest BCUT2D eigenvalue weighted by Crippen LogP contribution is -2.43. The van der Waals surface area contributed by atoms with Gasteiger partial charge in [-0.2, -0.15) is 0 Å². The van der Waals surface area contributed by atoms with Crippen LogP contribution in [0.1, 0.15) is 30.8 Å². The highest BCUT2D eigenvalue weighted by Crippen LogP contribution is 2.36. The molecule has 0 aliphatic carbocycles. The summed E-state index contributed by atoms with van der Waals surface area (Å²) in [5.41, 5.74) is 1.13. The molecule has 2 aliphatic heterocycles. The largest absolute Gasteiger partial charge is 0.391 e. The van der Waals surface area contributed by atoms with Gasteiger partial charge < -0.3 is 14.8 Å². The first kappa shape index (κ1) is 12.1. The van der Waals surface area contributed by atoms with Crippen molar-refractivity contribution in [2.45, 2.75) is 44.4 Å². The highest BCUT2D eigenvalue weighted by molar-refractivity contribution is 5.01. The van der Waals surface area contributed by atoms with E-state index in [2.05, 4.69) is 14.9 Å². The quantitative estimate of drug-likeness (QED) is 0.817. The molecule has 1 spiro atoms. The molecule has 5 nitrogen and oxygen atoms in total. The van der Waals surface area contributed by atoms with E-state index >= 15 is 0 Å². The SMILES string of the molecule is Cc1ncc(CN2CCC3(CC2)C[C@@H](O)CO3)[nH]1. The van der Waals surface area contributed by atoms with Gasteiger partial charge in [0.25, 0.3) is 0 Å². The second kappa shape index (κ2) is 4.64. The lowest BCUT2D eigenvalue weighted by molar-refractivity contribution is -0.0458. The highest BCUT2D eigenvalue weighted by Gasteiger charge is 2.42. The van der Waals surface area contributed by atoms with Gasteiger partial charge in [0.1, 0.15) is 5.82 Å². The number of aliphatic hydroxyl groups excluding tert-OH is 1. The molecule has 2 saturated heterocycles. The van der Waals surface area contributed by atoms with Crippen molar-refractivity contribution in [3.63, 3.8) is 0 Å². The Kier molecular flexibility index (Phi) is 3.13. The number of hydrogen-bond donors (Lipinski definition) is 2. The van der Waals surface area contributed by atoms with Gasteiger partial charge in [-0.1, -0.05) is 0 Å². The van der Waals surface area contributed by atoms with E-state index in [-0.39, 0.29) is 11.7 Å².